The van der Waals surface area contributed by atoms with Gasteiger partial charge >= 0.3 is 27.3 Å². The molecule has 162 valence electrons. The van der Waals surface area contributed by atoms with Crippen LogP contribution in [0.5, 0.6) is 5.75 Å². The van der Waals surface area contributed by atoms with E-state index in [1.54, 1.807) is 12.1 Å². The minimum Gasteiger partial charge on any atom is -0.506 e. The van der Waals surface area contributed by atoms with Gasteiger partial charge in [-0.1, -0.05) is 6.07 Å². The van der Waals surface area contributed by atoms with E-state index in [0.29, 0.717) is 9.13 Å². The van der Waals surface area contributed by atoms with Gasteiger partial charge in [0.15, 0.2) is 6.61 Å². The summed E-state index contributed by atoms with van der Waals surface area (Å²) in [5.41, 5.74) is -0.0595. The molecule has 0 bridgehead atoms. The molecule has 0 aliphatic rings. The first kappa shape index (κ1) is 24.7. The van der Waals surface area contributed by atoms with Gasteiger partial charge in [-0.3, -0.25) is 4.55 Å². The third kappa shape index (κ3) is 6.21. The fourth-order valence-electron chi connectivity index (χ4n) is 2.04. The zero-order valence-electron chi connectivity index (χ0n) is 14.6. The Labute approximate surface area is 196 Å². The van der Waals surface area contributed by atoms with E-state index in [9.17, 15) is 31.9 Å². The molecule has 0 atom stereocenters. The summed E-state index contributed by atoms with van der Waals surface area (Å²) in [7, 11) is -5.75. The molecule has 0 fully saturated rings. The van der Waals surface area contributed by atoms with Crippen LogP contribution in [0.2, 0.25) is 0 Å². The first-order valence-corrected chi connectivity index (χ1v) is 11.4. The molecule has 0 unspecified atom stereocenters. The predicted molar refractivity (Wildman–Crippen MR) is 116 cm³/mol. The average molecular weight is 668 g/mol. The van der Waals surface area contributed by atoms with Crippen molar-refractivity contribution in [2.75, 3.05) is 6.61 Å². The highest BCUT2D eigenvalue weighted by molar-refractivity contribution is 14.1. The zero-order valence-corrected chi connectivity index (χ0v) is 19.8. The summed E-state index contributed by atoms with van der Waals surface area (Å²) in [6.45, 7) is -2.16. The van der Waals surface area contributed by atoms with Crippen molar-refractivity contribution >= 4 is 67.2 Å². The Kier molecular flexibility index (Phi) is 7.97. The lowest BCUT2D eigenvalue weighted by atomic mass is 10.1. The van der Waals surface area contributed by atoms with Crippen LogP contribution in [0.4, 0.5) is 8.78 Å². The molecule has 2 rings (SSSR count). The molecule has 0 aliphatic heterocycles. The van der Waals surface area contributed by atoms with Crippen molar-refractivity contribution in [1.29, 1.82) is 0 Å². The second-order valence-electron chi connectivity index (χ2n) is 5.74. The molecule has 13 heteroatoms. The van der Waals surface area contributed by atoms with Crippen LogP contribution >= 0.6 is 45.2 Å². The topological polar surface area (TPSA) is 127 Å². The van der Waals surface area contributed by atoms with E-state index in [2.05, 4.69) is 4.74 Å². The molecular formula is C17H12F2I2O8S. The Hall–Kier alpha value is -1.59. The second-order valence-corrected chi connectivity index (χ2v) is 9.70. The van der Waals surface area contributed by atoms with Crippen LogP contribution < -0.4 is 0 Å². The van der Waals surface area contributed by atoms with Gasteiger partial charge in [0.1, 0.15) is 12.4 Å². The lowest BCUT2D eigenvalue weighted by Crippen LogP contribution is -2.34. The Morgan fingerprint density at radius 3 is 2.17 bits per heavy atom. The van der Waals surface area contributed by atoms with Gasteiger partial charge in [0.05, 0.1) is 14.7 Å². The molecule has 0 aromatic heterocycles. The molecule has 0 spiro atoms. The lowest BCUT2D eigenvalue weighted by Gasteiger charge is -2.13. The number of phenolic OH excluding ortho intramolecular Hbond substituents is 1. The van der Waals surface area contributed by atoms with E-state index in [0.717, 1.165) is 15.7 Å². The van der Waals surface area contributed by atoms with Crippen molar-refractivity contribution in [3.8, 4) is 5.75 Å². The molecular weight excluding hydrogens is 656 g/mol. The lowest BCUT2D eigenvalue weighted by molar-refractivity contribution is -0.00950. The third-order valence-electron chi connectivity index (χ3n) is 3.55. The molecule has 2 N–H and O–H groups in total. The molecule has 0 amide bonds. The van der Waals surface area contributed by atoms with Crippen molar-refractivity contribution in [1.82, 2.24) is 0 Å². The molecule has 0 aliphatic carbocycles. The minimum absolute atomic E-state index is 0.0408. The molecule has 2 aromatic carbocycles. The summed E-state index contributed by atoms with van der Waals surface area (Å²) < 4.78 is 66.5. The molecule has 30 heavy (non-hydrogen) atoms. The minimum atomic E-state index is -5.75. The van der Waals surface area contributed by atoms with Crippen molar-refractivity contribution < 1.29 is 45.9 Å². The number of esters is 2. The Morgan fingerprint density at radius 1 is 1.03 bits per heavy atom. The number of carbonyl (C=O) groups is 2. The maximum Gasteiger partial charge on any atom is 0.402 e. The van der Waals surface area contributed by atoms with E-state index in [1.807, 2.05) is 45.2 Å². The average Bonchev–Trinajstić information content (AvgIpc) is 2.66. The van der Waals surface area contributed by atoms with Gasteiger partial charge in [0, 0.05) is 9.13 Å². The quantitative estimate of drug-likeness (QED) is 0.261. The Bertz CT molecular complexity index is 1090. The number of phenols is 1. The van der Waals surface area contributed by atoms with Crippen LogP contribution in [-0.2, 0) is 26.2 Å². The highest BCUT2D eigenvalue weighted by Crippen LogP contribution is 2.28. The van der Waals surface area contributed by atoms with Gasteiger partial charge in [-0.2, -0.15) is 17.2 Å². The van der Waals surface area contributed by atoms with Crippen molar-refractivity contribution in [3.05, 3.63) is 60.2 Å². The van der Waals surface area contributed by atoms with Crippen LogP contribution in [-0.4, -0.2) is 41.9 Å². The standard InChI is InChI=1S/C17H12F2I2O8S/c18-17(19,30(25,26)27)8-29-16(24)10-3-1-2-9(4-10)15(23)28-7-11-5-12(20)6-13(21)14(11)22/h1-6,22H,7-8H2,(H,25,26,27). The molecule has 0 saturated carbocycles. The fourth-order valence-corrected chi connectivity index (χ4v) is 4.21. The fraction of sp³-hybridized carbons (Fsp3) is 0.176. The molecule has 0 saturated heterocycles. The van der Waals surface area contributed by atoms with E-state index in [4.69, 9.17) is 9.29 Å². The SMILES string of the molecule is O=C(OCc1cc(I)cc(I)c1O)c1cccc(C(=O)OCC(F)(F)S(=O)(=O)O)c1. The highest BCUT2D eigenvalue weighted by atomic mass is 127. The highest BCUT2D eigenvalue weighted by Gasteiger charge is 2.45. The first-order valence-electron chi connectivity index (χ1n) is 7.78. The maximum absolute atomic E-state index is 13.2. The van der Waals surface area contributed by atoms with Crippen LogP contribution in [0.3, 0.4) is 0 Å². The summed E-state index contributed by atoms with van der Waals surface area (Å²) >= 11 is 3.95. The second kappa shape index (κ2) is 9.69. The largest absolute Gasteiger partial charge is 0.506 e. The van der Waals surface area contributed by atoms with Gasteiger partial charge in [-0.05, 0) is 75.5 Å². The summed E-state index contributed by atoms with van der Waals surface area (Å²) in [6, 6.07) is 8.06. The normalized spacial score (nSPS) is 11.8. The molecule has 0 heterocycles. The third-order valence-corrected chi connectivity index (χ3v) is 5.87. The predicted octanol–water partition coefficient (Wildman–Crippen LogP) is 3.60. The number of halogens is 4. The smallest absolute Gasteiger partial charge is 0.402 e. The number of aromatic hydroxyl groups is 1. The van der Waals surface area contributed by atoms with Crippen molar-refractivity contribution in [2.24, 2.45) is 0 Å². The van der Waals surface area contributed by atoms with Gasteiger partial charge in [0.2, 0.25) is 0 Å². The van der Waals surface area contributed by atoms with Crippen LogP contribution in [0.25, 0.3) is 0 Å². The van der Waals surface area contributed by atoms with Gasteiger partial charge in [-0.15, -0.1) is 0 Å². The number of hydrogen-bond donors (Lipinski definition) is 2. The van der Waals surface area contributed by atoms with Gasteiger partial charge in [-0.25, -0.2) is 9.59 Å². The Morgan fingerprint density at radius 2 is 1.60 bits per heavy atom. The van der Waals surface area contributed by atoms with Crippen LogP contribution in [0, 0.1) is 7.14 Å². The monoisotopic (exact) mass is 668 g/mol. The summed E-state index contributed by atoms with van der Waals surface area (Å²) in [4.78, 5) is 24.1. The van der Waals surface area contributed by atoms with Gasteiger partial charge < -0.3 is 14.6 Å². The number of hydrogen-bond acceptors (Lipinski definition) is 7. The number of alkyl halides is 2. The number of carbonyl (C=O) groups excluding carboxylic acids is 2. The van der Waals surface area contributed by atoms with E-state index in [-0.39, 0.29) is 23.5 Å². The van der Waals surface area contributed by atoms with Crippen molar-refractivity contribution in [3.63, 3.8) is 0 Å². The summed E-state index contributed by atoms with van der Waals surface area (Å²) in [6.07, 6.45) is 0. The molecule has 8 nitrogen and oxygen atoms in total. The zero-order chi connectivity index (χ0) is 22.7. The van der Waals surface area contributed by atoms with E-state index >= 15 is 0 Å². The first-order chi connectivity index (χ1) is 13.8. The molecule has 0 radical (unpaired) electrons. The Balaban J connectivity index is 2.07. The van der Waals surface area contributed by atoms with Crippen LogP contribution in [0.1, 0.15) is 26.3 Å². The number of rotatable bonds is 7. The number of ether oxygens (including phenoxy) is 2. The summed E-state index contributed by atoms with van der Waals surface area (Å²) in [5.74, 6) is -2.24. The maximum atomic E-state index is 13.2. The van der Waals surface area contributed by atoms with Crippen molar-refractivity contribution in [2.45, 2.75) is 11.9 Å². The van der Waals surface area contributed by atoms with E-state index in [1.165, 1.54) is 12.1 Å². The summed E-state index contributed by atoms with van der Waals surface area (Å²) in [5, 5.41) is 5.34. The van der Waals surface area contributed by atoms with Gasteiger partial charge in [0.25, 0.3) is 0 Å². The van der Waals surface area contributed by atoms with Crippen LogP contribution in [0.15, 0.2) is 36.4 Å². The number of benzene rings is 2. The molecule has 2 aromatic rings. The van der Waals surface area contributed by atoms with E-state index < -0.39 is 33.9 Å².